The molecule has 0 bridgehead atoms. The Balaban J connectivity index is 2.15. The molecule has 106 valence electrons. The molecular formula is C16H26N2O. The molecule has 2 heterocycles. The molecule has 0 aromatic carbocycles. The van der Waals surface area contributed by atoms with Crippen molar-refractivity contribution in [2.75, 3.05) is 0 Å². The topological polar surface area (TPSA) is 25.4 Å². The Morgan fingerprint density at radius 2 is 1.63 bits per heavy atom. The van der Waals surface area contributed by atoms with Crippen LogP contribution in [0.2, 0.25) is 0 Å². The molecule has 1 aliphatic rings. The molecule has 0 N–H and O–H groups in total. The van der Waals surface area contributed by atoms with E-state index in [0.29, 0.717) is 0 Å². The van der Waals surface area contributed by atoms with Crippen molar-refractivity contribution >= 4 is 0 Å². The van der Waals surface area contributed by atoms with Gasteiger partial charge in [-0.1, -0.05) is 0 Å². The number of rotatable bonds is 3. The van der Waals surface area contributed by atoms with Gasteiger partial charge in [-0.15, -0.1) is 0 Å². The summed E-state index contributed by atoms with van der Waals surface area (Å²) in [5, 5.41) is 2.22. The maximum absolute atomic E-state index is 6.31. The van der Waals surface area contributed by atoms with E-state index >= 15 is 0 Å². The van der Waals surface area contributed by atoms with E-state index in [9.17, 15) is 0 Å². The second kappa shape index (κ2) is 5.22. The molecule has 1 unspecified atom stereocenters. The Hall–Kier alpha value is -0.930. The van der Waals surface area contributed by atoms with E-state index in [1.54, 1.807) is 0 Å². The molecule has 2 rings (SSSR count). The molecule has 1 aromatic heterocycles. The zero-order chi connectivity index (χ0) is 14.1. The fraction of sp³-hybridized carbons (Fsp3) is 0.688. The van der Waals surface area contributed by atoms with Crippen molar-refractivity contribution in [1.29, 1.82) is 0 Å². The number of hydrogen-bond acceptors (Lipinski definition) is 3. The Morgan fingerprint density at radius 3 is 2.16 bits per heavy atom. The maximum atomic E-state index is 6.31. The number of hydrogen-bond donors (Lipinski definition) is 0. The first kappa shape index (κ1) is 14.5. The largest absolute Gasteiger partial charge is 0.290 e. The first-order valence-electron chi connectivity index (χ1n) is 7.20. The van der Waals surface area contributed by atoms with Gasteiger partial charge in [0.25, 0.3) is 0 Å². The fourth-order valence-corrected chi connectivity index (χ4v) is 3.11. The molecule has 19 heavy (non-hydrogen) atoms. The van der Waals surface area contributed by atoms with E-state index in [2.05, 4.69) is 44.7 Å². The number of nitrogens with zero attached hydrogens (tertiary/aromatic N) is 2. The van der Waals surface area contributed by atoms with Gasteiger partial charge < -0.3 is 0 Å². The van der Waals surface area contributed by atoms with E-state index in [0.717, 1.165) is 0 Å². The molecule has 0 radical (unpaired) electrons. The summed E-state index contributed by atoms with van der Waals surface area (Å²) >= 11 is 0. The molecular weight excluding hydrogens is 236 g/mol. The van der Waals surface area contributed by atoms with Crippen molar-refractivity contribution in [2.24, 2.45) is 0 Å². The van der Waals surface area contributed by atoms with Gasteiger partial charge in [0, 0.05) is 23.5 Å². The fourth-order valence-electron chi connectivity index (χ4n) is 3.11. The summed E-state index contributed by atoms with van der Waals surface area (Å²) < 4.78 is 0. The summed E-state index contributed by atoms with van der Waals surface area (Å²) in [5.41, 5.74) is 1.35. The summed E-state index contributed by atoms with van der Waals surface area (Å²) in [4.78, 5) is 10.4. The SMILES string of the molecule is CC(ON1C(C)(C)CCCC1(C)C)c1ccncc1. The van der Waals surface area contributed by atoms with Crippen LogP contribution < -0.4 is 0 Å². The van der Waals surface area contributed by atoms with Crippen LogP contribution in [0, 0.1) is 0 Å². The Kier molecular flexibility index (Phi) is 3.98. The smallest absolute Gasteiger partial charge is 0.102 e. The standard InChI is InChI=1S/C16H26N2O/c1-13(14-7-11-17-12-8-14)19-18-15(2,3)9-6-10-16(18,4)5/h7-8,11-13H,6,9-10H2,1-5H3. The highest BCUT2D eigenvalue weighted by atomic mass is 16.7. The monoisotopic (exact) mass is 262 g/mol. The van der Waals surface area contributed by atoms with Crippen LogP contribution in [-0.4, -0.2) is 21.1 Å². The maximum Gasteiger partial charge on any atom is 0.102 e. The zero-order valence-electron chi connectivity index (χ0n) is 12.8. The van der Waals surface area contributed by atoms with E-state index in [-0.39, 0.29) is 17.2 Å². The highest BCUT2D eigenvalue weighted by Crippen LogP contribution is 2.40. The van der Waals surface area contributed by atoms with Crippen LogP contribution in [0.3, 0.4) is 0 Å². The van der Waals surface area contributed by atoms with Crippen LogP contribution in [0.15, 0.2) is 24.5 Å². The molecule has 1 aromatic rings. The van der Waals surface area contributed by atoms with Crippen LogP contribution in [-0.2, 0) is 4.84 Å². The molecule has 0 aliphatic carbocycles. The summed E-state index contributed by atoms with van der Waals surface area (Å²) in [7, 11) is 0. The van der Waals surface area contributed by atoms with Gasteiger partial charge in [-0.05, 0) is 71.6 Å². The van der Waals surface area contributed by atoms with Crippen molar-refractivity contribution in [2.45, 2.75) is 71.1 Å². The van der Waals surface area contributed by atoms with Crippen molar-refractivity contribution in [3.63, 3.8) is 0 Å². The van der Waals surface area contributed by atoms with Gasteiger partial charge in [-0.25, -0.2) is 0 Å². The predicted octanol–water partition coefficient (Wildman–Crippen LogP) is 4.12. The van der Waals surface area contributed by atoms with Crippen LogP contribution in [0.4, 0.5) is 0 Å². The molecule has 0 spiro atoms. The van der Waals surface area contributed by atoms with Crippen LogP contribution in [0.5, 0.6) is 0 Å². The molecule has 1 fully saturated rings. The highest BCUT2D eigenvalue weighted by Gasteiger charge is 2.43. The van der Waals surface area contributed by atoms with Gasteiger partial charge in [0.15, 0.2) is 0 Å². The van der Waals surface area contributed by atoms with Crippen LogP contribution in [0.1, 0.15) is 65.5 Å². The van der Waals surface area contributed by atoms with E-state index in [1.807, 2.05) is 24.5 Å². The first-order chi connectivity index (χ1) is 8.83. The molecule has 3 nitrogen and oxygen atoms in total. The van der Waals surface area contributed by atoms with Crippen LogP contribution in [0.25, 0.3) is 0 Å². The third kappa shape index (κ3) is 3.15. The Labute approximate surface area is 116 Å². The van der Waals surface area contributed by atoms with E-state index < -0.39 is 0 Å². The lowest BCUT2D eigenvalue weighted by atomic mass is 9.82. The Morgan fingerprint density at radius 1 is 1.11 bits per heavy atom. The van der Waals surface area contributed by atoms with E-state index in [4.69, 9.17) is 4.84 Å². The molecule has 1 saturated heterocycles. The second-order valence-electron chi connectivity index (χ2n) is 6.80. The normalized spacial score (nSPS) is 24.1. The average molecular weight is 262 g/mol. The summed E-state index contributed by atoms with van der Waals surface area (Å²) in [5.74, 6) is 0. The lowest BCUT2D eigenvalue weighted by Gasteiger charge is -2.52. The van der Waals surface area contributed by atoms with E-state index in [1.165, 1.54) is 24.8 Å². The van der Waals surface area contributed by atoms with Gasteiger partial charge in [-0.2, -0.15) is 5.06 Å². The summed E-state index contributed by atoms with van der Waals surface area (Å²) in [6.45, 7) is 11.2. The number of pyridine rings is 1. The van der Waals surface area contributed by atoms with Gasteiger partial charge in [-0.3, -0.25) is 9.82 Å². The average Bonchev–Trinajstić information content (AvgIpc) is 2.34. The quantitative estimate of drug-likeness (QED) is 0.819. The lowest BCUT2D eigenvalue weighted by Crippen LogP contribution is -2.58. The molecule has 1 aliphatic heterocycles. The summed E-state index contributed by atoms with van der Waals surface area (Å²) in [6.07, 6.45) is 7.32. The highest BCUT2D eigenvalue weighted by molar-refractivity contribution is 5.12. The second-order valence-corrected chi connectivity index (χ2v) is 6.80. The Bertz CT molecular complexity index is 398. The minimum absolute atomic E-state index is 0.0552. The summed E-state index contributed by atoms with van der Waals surface area (Å²) in [6, 6.07) is 4.04. The molecule has 0 saturated carbocycles. The van der Waals surface area contributed by atoms with Gasteiger partial charge >= 0.3 is 0 Å². The predicted molar refractivity (Wildman–Crippen MR) is 77.6 cm³/mol. The molecule has 1 atom stereocenters. The van der Waals surface area contributed by atoms with Crippen molar-refractivity contribution in [1.82, 2.24) is 10.0 Å². The lowest BCUT2D eigenvalue weighted by molar-refractivity contribution is -0.304. The van der Waals surface area contributed by atoms with Crippen molar-refractivity contribution < 1.29 is 4.84 Å². The van der Waals surface area contributed by atoms with Crippen LogP contribution >= 0.6 is 0 Å². The van der Waals surface area contributed by atoms with Crippen molar-refractivity contribution in [3.8, 4) is 0 Å². The third-order valence-electron chi connectivity index (χ3n) is 4.12. The third-order valence-corrected chi connectivity index (χ3v) is 4.12. The zero-order valence-corrected chi connectivity index (χ0v) is 12.8. The molecule has 0 amide bonds. The van der Waals surface area contributed by atoms with Gasteiger partial charge in [0.1, 0.15) is 6.10 Å². The van der Waals surface area contributed by atoms with Gasteiger partial charge in [0.2, 0.25) is 0 Å². The van der Waals surface area contributed by atoms with Crippen molar-refractivity contribution in [3.05, 3.63) is 30.1 Å². The first-order valence-corrected chi connectivity index (χ1v) is 7.20. The minimum Gasteiger partial charge on any atom is -0.290 e. The number of hydroxylamine groups is 2. The van der Waals surface area contributed by atoms with Gasteiger partial charge in [0.05, 0.1) is 0 Å². The molecule has 3 heteroatoms. The number of piperidine rings is 1. The number of aromatic nitrogens is 1. The minimum atomic E-state index is 0.0552.